The maximum absolute atomic E-state index is 5.49. The van der Waals surface area contributed by atoms with E-state index < -0.39 is 8.07 Å². The van der Waals surface area contributed by atoms with Gasteiger partial charge in [-0.25, -0.2) is 0 Å². The second-order valence-corrected chi connectivity index (χ2v) is 11.4. The van der Waals surface area contributed by atoms with Crippen molar-refractivity contribution >= 4 is 35.1 Å². The van der Waals surface area contributed by atoms with Gasteiger partial charge in [-0.3, -0.25) is 4.98 Å². The van der Waals surface area contributed by atoms with Crippen molar-refractivity contribution in [2.75, 3.05) is 7.11 Å². The second-order valence-electron chi connectivity index (χ2n) is 6.23. The number of methoxy groups -OCH3 is 1. The maximum Gasteiger partial charge on any atom is 0.119 e. The molecule has 2 nitrogen and oxygen atoms in total. The minimum atomic E-state index is -1.58. The molecular weight excluding hydrogens is 298 g/mol. The summed E-state index contributed by atoms with van der Waals surface area (Å²) >= 11 is 0. The van der Waals surface area contributed by atoms with Crippen LogP contribution in [0.4, 0.5) is 0 Å². The summed E-state index contributed by atoms with van der Waals surface area (Å²) in [6, 6.07) is 18.6. The molecule has 0 aliphatic rings. The third-order valence-electron chi connectivity index (χ3n) is 5.44. The zero-order valence-corrected chi connectivity index (χ0v) is 15.5. The van der Waals surface area contributed by atoms with Crippen LogP contribution in [0.25, 0.3) is 21.7 Å². The number of ether oxygens (including phenoxy) is 1. The molecule has 3 aromatic rings. The lowest BCUT2D eigenvalue weighted by molar-refractivity contribution is 0.415. The molecule has 0 fully saturated rings. The van der Waals surface area contributed by atoms with Crippen molar-refractivity contribution in [3.8, 4) is 5.75 Å². The van der Waals surface area contributed by atoms with Crippen LogP contribution >= 0.6 is 0 Å². The topological polar surface area (TPSA) is 22.1 Å². The minimum Gasteiger partial charge on any atom is -0.497 e. The Hall–Kier alpha value is -1.87. The van der Waals surface area contributed by atoms with E-state index in [0.29, 0.717) is 0 Å². The van der Waals surface area contributed by atoms with Gasteiger partial charge in [0, 0.05) is 16.1 Å². The molecule has 1 heterocycles. The summed E-state index contributed by atoms with van der Waals surface area (Å²) in [4.78, 5) is 5.17. The largest absolute Gasteiger partial charge is 0.497 e. The van der Waals surface area contributed by atoms with Crippen LogP contribution in [0.1, 0.15) is 20.8 Å². The highest BCUT2D eigenvalue weighted by molar-refractivity contribution is 6.92. The van der Waals surface area contributed by atoms with Gasteiger partial charge in [-0.2, -0.15) is 0 Å². The van der Waals surface area contributed by atoms with Gasteiger partial charge in [-0.05, 0) is 29.7 Å². The van der Waals surface area contributed by atoms with E-state index in [2.05, 4.69) is 63.2 Å². The number of fused-ring (bicyclic) bond motifs is 3. The van der Waals surface area contributed by atoms with Crippen molar-refractivity contribution < 1.29 is 4.74 Å². The van der Waals surface area contributed by atoms with E-state index in [1.54, 1.807) is 7.11 Å². The highest BCUT2D eigenvalue weighted by atomic mass is 28.3. The molecule has 120 valence electrons. The van der Waals surface area contributed by atoms with Gasteiger partial charge in [0.05, 0.1) is 12.6 Å². The molecule has 0 saturated heterocycles. The lowest BCUT2D eigenvalue weighted by atomic mass is 10.1. The molecule has 2 aromatic carbocycles. The molecule has 1 aromatic heterocycles. The monoisotopic (exact) mass is 323 g/mol. The van der Waals surface area contributed by atoms with Crippen molar-refractivity contribution in [1.82, 2.24) is 4.98 Å². The van der Waals surface area contributed by atoms with Crippen LogP contribution < -0.4 is 10.1 Å². The van der Waals surface area contributed by atoms with Crippen molar-refractivity contribution in [1.29, 1.82) is 0 Å². The fourth-order valence-electron chi connectivity index (χ4n) is 3.72. The van der Waals surface area contributed by atoms with Crippen LogP contribution in [0, 0.1) is 0 Å². The number of benzene rings is 2. The lowest BCUT2D eigenvalue weighted by Gasteiger charge is -2.29. The fraction of sp³-hybridized carbons (Fsp3) is 0.350. The summed E-state index contributed by atoms with van der Waals surface area (Å²) < 4.78 is 5.49. The Labute approximate surface area is 139 Å². The highest BCUT2D eigenvalue weighted by Crippen LogP contribution is 2.30. The van der Waals surface area contributed by atoms with Crippen molar-refractivity contribution in [2.24, 2.45) is 0 Å². The highest BCUT2D eigenvalue weighted by Gasteiger charge is 2.33. The van der Waals surface area contributed by atoms with E-state index in [9.17, 15) is 0 Å². The first-order chi connectivity index (χ1) is 11.2. The molecule has 0 amide bonds. The number of para-hydroxylation sites is 1. The average molecular weight is 324 g/mol. The molecule has 0 aliphatic heterocycles. The van der Waals surface area contributed by atoms with Crippen LogP contribution in [0.15, 0.2) is 42.5 Å². The number of nitrogens with zero attached hydrogens (tertiary/aromatic N) is 1. The van der Waals surface area contributed by atoms with Gasteiger partial charge < -0.3 is 4.74 Å². The van der Waals surface area contributed by atoms with E-state index >= 15 is 0 Å². The lowest BCUT2D eigenvalue weighted by Crippen LogP contribution is -2.48. The molecule has 0 bridgehead atoms. The normalized spacial score (nSPS) is 12.0. The Kier molecular flexibility index (Phi) is 4.40. The summed E-state index contributed by atoms with van der Waals surface area (Å²) in [5, 5.41) is 5.19. The second kappa shape index (κ2) is 6.32. The van der Waals surface area contributed by atoms with Crippen molar-refractivity contribution in [2.45, 2.75) is 38.9 Å². The number of hydrogen-bond donors (Lipinski definition) is 0. The molecule has 0 radical (unpaired) electrons. The van der Waals surface area contributed by atoms with Gasteiger partial charge in [0.2, 0.25) is 0 Å². The summed E-state index contributed by atoms with van der Waals surface area (Å²) in [5.74, 6) is 0.919. The van der Waals surface area contributed by atoms with Gasteiger partial charge in [0.1, 0.15) is 13.8 Å². The van der Waals surface area contributed by atoms with Crippen LogP contribution in [0.3, 0.4) is 0 Å². The maximum atomic E-state index is 5.49. The smallest absolute Gasteiger partial charge is 0.119 e. The SMILES string of the molecule is CC[Si](CC)(CC)c1nc2ccccc2c2ccc(OC)cc12. The average Bonchev–Trinajstić information content (AvgIpc) is 2.63. The third kappa shape index (κ3) is 2.53. The number of pyridine rings is 1. The zero-order chi connectivity index (χ0) is 16.4. The molecule has 0 N–H and O–H groups in total. The van der Waals surface area contributed by atoms with E-state index in [1.165, 1.54) is 39.6 Å². The Bertz CT molecular complexity index is 831. The standard InChI is InChI=1S/C20H25NOSi/c1-5-23(6-2,7-3)20-18-14-15(22-4)12-13-16(18)17-10-8-9-11-19(17)21-20/h8-14H,5-7H2,1-4H3. The molecule has 0 unspecified atom stereocenters. The van der Waals surface area contributed by atoms with Crippen LogP contribution in [-0.2, 0) is 0 Å². The number of hydrogen-bond acceptors (Lipinski definition) is 2. The Morgan fingerprint density at radius 2 is 1.57 bits per heavy atom. The first-order valence-electron chi connectivity index (χ1n) is 8.56. The molecule has 0 aliphatic carbocycles. The number of aromatic nitrogens is 1. The predicted octanol–water partition coefficient (Wildman–Crippen LogP) is 5.11. The molecule has 23 heavy (non-hydrogen) atoms. The number of rotatable bonds is 5. The molecular formula is C20H25NOSi. The molecule has 3 rings (SSSR count). The Morgan fingerprint density at radius 1 is 0.870 bits per heavy atom. The van der Waals surface area contributed by atoms with Gasteiger partial charge in [-0.1, -0.05) is 57.1 Å². The van der Waals surface area contributed by atoms with Gasteiger partial charge in [0.25, 0.3) is 0 Å². The molecule has 0 spiro atoms. The van der Waals surface area contributed by atoms with E-state index in [-0.39, 0.29) is 0 Å². The summed E-state index contributed by atoms with van der Waals surface area (Å²) in [6.45, 7) is 7.01. The van der Waals surface area contributed by atoms with Crippen LogP contribution in [0.2, 0.25) is 18.1 Å². The first-order valence-corrected chi connectivity index (χ1v) is 11.2. The van der Waals surface area contributed by atoms with Crippen molar-refractivity contribution in [3.05, 3.63) is 42.5 Å². The predicted molar refractivity (Wildman–Crippen MR) is 103 cm³/mol. The van der Waals surface area contributed by atoms with E-state index in [0.717, 1.165) is 11.3 Å². The van der Waals surface area contributed by atoms with E-state index in [4.69, 9.17) is 9.72 Å². The van der Waals surface area contributed by atoms with Crippen LogP contribution in [-0.4, -0.2) is 20.2 Å². The summed E-state index contributed by atoms with van der Waals surface area (Å²) in [7, 11) is 0.158. The van der Waals surface area contributed by atoms with Gasteiger partial charge in [-0.15, -0.1) is 0 Å². The van der Waals surface area contributed by atoms with E-state index in [1.807, 2.05) is 0 Å². The molecule has 0 saturated carbocycles. The van der Waals surface area contributed by atoms with Crippen LogP contribution in [0.5, 0.6) is 5.75 Å². The summed E-state index contributed by atoms with van der Waals surface area (Å²) in [6.07, 6.45) is 0. The third-order valence-corrected chi connectivity index (χ3v) is 10.9. The Morgan fingerprint density at radius 3 is 2.22 bits per heavy atom. The minimum absolute atomic E-state index is 0.919. The first kappa shape index (κ1) is 16.0. The molecule has 3 heteroatoms. The summed E-state index contributed by atoms with van der Waals surface area (Å²) in [5.41, 5.74) is 1.12. The van der Waals surface area contributed by atoms with Gasteiger partial charge >= 0.3 is 0 Å². The van der Waals surface area contributed by atoms with Crippen molar-refractivity contribution in [3.63, 3.8) is 0 Å². The fourth-order valence-corrected chi connectivity index (χ4v) is 7.36. The quantitative estimate of drug-likeness (QED) is 0.481. The Balaban J connectivity index is 2.46. The zero-order valence-electron chi connectivity index (χ0n) is 14.5. The van der Waals surface area contributed by atoms with Gasteiger partial charge in [0.15, 0.2) is 0 Å². The molecule has 0 atom stereocenters.